The zero-order chi connectivity index (χ0) is 18.1. The van der Waals surface area contributed by atoms with Crippen molar-refractivity contribution in [1.82, 2.24) is 4.90 Å². The monoisotopic (exact) mass is 355 g/mol. The number of hydrogen-bond donors (Lipinski definition) is 0. The van der Waals surface area contributed by atoms with Crippen molar-refractivity contribution < 1.29 is 14.4 Å². The molecule has 0 atom stereocenters. The van der Waals surface area contributed by atoms with Gasteiger partial charge in [-0.25, -0.2) is 0 Å². The number of aryl methyl sites for hydroxylation is 2. The maximum atomic E-state index is 12.6. The third kappa shape index (κ3) is 2.93. The zero-order valence-corrected chi connectivity index (χ0v) is 15.5. The maximum Gasteiger partial charge on any atom is 0.339 e. The molecule has 26 heavy (non-hydrogen) atoms. The fraction of sp³-hybridized carbons (Fsp3) is 0.500. The average molecular weight is 355 g/mol. The van der Waals surface area contributed by atoms with Crippen LogP contribution in [0.3, 0.4) is 0 Å². The molecule has 1 saturated heterocycles. The molecule has 1 amide bonds. The Kier molecular flexibility index (Phi) is 4.57. The molecule has 0 spiro atoms. The van der Waals surface area contributed by atoms with Gasteiger partial charge in [0, 0.05) is 25.3 Å². The van der Waals surface area contributed by atoms with E-state index in [9.17, 15) is 4.79 Å². The van der Waals surface area contributed by atoms with Crippen molar-refractivity contribution in [3.05, 3.63) is 34.6 Å². The summed E-state index contributed by atoms with van der Waals surface area (Å²) >= 11 is 0. The van der Waals surface area contributed by atoms with Crippen LogP contribution >= 0.6 is 0 Å². The van der Waals surface area contributed by atoms with Crippen molar-refractivity contribution in [2.24, 2.45) is 5.16 Å². The molecule has 138 valence electrons. The Morgan fingerprint density at radius 1 is 1.19 bits per heavy atom. The molecule has 0 bridgehead atoms. The second kappa shape index (κ2) is 7.02. The lowest BCUT2D eigenvalue weighted by Gasteiger charge is -2.37. The van der Waals surface area contributed by atoms with Crippen LogP contribution < -0.4 is 4.90 Å². The highest BCUT2D eigenvalue weighted by molar-refractivity contribution is 6.11. The first-order chi connectivity index (χ1) is 12.7. The van der Waals surface area contributed by atoms with Crippen LogP contribution in [0, 0.1) is 0 Å². The molecule has 0 aromatic heterocycles. The molecule has 1 aromatic carbocycles. The zero-order valence-electron chi connectivity index (χ0n) is 15.5. The Labute approximate surface area is 154 Å². The molecule has 6 nitrogen and oxygen atoms in total. The SMILES string of the molecule is CCON=C1OC(=Cc2cc3c4c(c2)CCCN4CCC3)C(=O)N1CC. The lowest BCUT2D eigenvalue weighted by molar-refractivity contribution is -0.122. The van der Waals surface area contributed by atoms with Crippen LogP contribution in [0.2, 0.25) is 0 Å². The number of likely N-dealkylation sites (N-methyl/N-ethyl adjacent to an activating group) is 1. The molecule has 0 unspecified atom stereocenters. The van der Waals surface area contributed by atoms with Gasteiger partial charge in [0.25, 0.3) is 5.91 Å². The number of rotatable bonds is 4. The summed E-state index contributed by atoms with van der Waals surface area (Å²) in [5.74, 6) is 0.139. The van der Waals surface area contributed by atoms with Gasteiger partial charge in [0.2, 0.25) is 0 Å². The smallest absolute Gasteiger partial charge is 0.339 e. The minimum Gasteiger partial charge on any atom is -0.418 e. The fourth-order valence-electron chi connectivity index (χ4n) is 4.04. The van der Waals surface area contributed by atoms with Crippen molar-refractivity contribution in [1.29, 1.82) is 0 Å². The molecule has 0 aliphatic carbocycles. The number of hydrogen-bond acceptors (Lipinski definition) is 5. The molecule has 0 N–H and O–H groups in total. The van der Waals surface area contributed by atoms with E-state index in [-0.39, 0.29) is 11.9 Å². The molecule has 0 saturated carbocycles. The summed E-state index contributed by atoms with van der Waals surface area (Å²) in [5.41, 5.74) is 5.24. The average Bonchev–Trinajstić information content (AvgIpc) is 2.95. The van der Waals surface area contributed by atoms with E-state index in [4.69, 9.17) is 9.57 Å². The Bertz CT molecular complexity index is 754. The predicted octanol–water partition coefficient (Wildman–Crippen LogP) is 2.91. The molecule has 4 rings (SSSR count). The number of ether oxygens (including phenoxy) is 1. The second-order valence-corrected chi connectivity index (χ2v) is 6.83. The molecule has 3 aliphatic rings. The summed E-state index contributed by atoms with van der Waals surface area (Å²) < 4.78 is 5.69. The van der Waals surface area contributed by atoms with E-state index in [0.717, 1.165) is 31.5 Å². The molecule has 3 heterocycles. The van der Waals surface area contributed by atoms with Crippen molar-refractivity contribution in [2.45, 2.75) is 39.5 Å². The minimum atomic E-state index is -0.168. The van der Waals surface area contributed by atoms with Gasteiger partial charge < -0.3 is 14.5 Å². The van der Waals surface area contributed by atoms with Crippen molar-refractivity contribution >= 4 is 23.7 Å². The van der Waals surface area contributed by atoms with E-state index in [1.165, 1.54) is 34.6 Å². The van der Waals surface area contributed by atoms with Crippen LogP contribution in [0.15, 0.2) is 23.0 Å². The van der Waals surface area contributed by atoms with Gasteiger partial charge in [0.05, 0.1) is 0 Å². The van der Waals surface area contributed by atoms with Crippen LogP contribution in [0.25, 0.3) is 6.08 Å². The number of amidine groups is 1. The molecule has 6 heteroatoms. The van der Waals surface area contributed by atoms with Crippen LogP contribution in [0.4, 0.5) is 5.69 Å². The van der Waals surface area contributed by atoms with Crippen molar-refractivity contribution in [3.63, 3.8) is 0 Å². The summed E-state index contributed by atoms with van der Waals surface area (Å²) in [4.78, 5) is 21.7. The molecule has 1 aromatic rings. The predicted molar refractivity (Wildman–Crippen MR) is 101 cm³/mol. The normalized spacial score (nSPS) is 22.0. The molecular weight excluding hydrogens is 330 g/mol. The topological polar surface area (TPSA) is 54.4 Å². The van der Waals surface area contributed by atoms with Crippen LogP contribution in [-0.2, 0) is 27.2 Å². The van der Waals surface area contributed by atoms with E-state index in [0.29, 0.717) is 18.9 Å². The lowest BCUT2D eigenvalue weighted by atomic mass is 9.90. The van der Waals surface area contributed by atoms with E-state index >= 15 is 0 Å². The number of nitrogens with zero attached hydrogens (tertiary/aromatic N) is 3. The van der Waals surface area contributed by atoms with Gasteiger partial charge in [-0.2, -0.15) is 0 Å². The van der Waals surface area contributed by atoms with Gasteiger partial charge >= 0.3 is 6.02 Å². The van der Waals surface area contributed by atoms with E-state index in [1.807, 2.05) is 19.9 Å². The molecule has 0 radical (unpaired) electrons. The van der Waals surface area contributed by atoms with Gasteiger partial charge in [-0.15, -0.1) is 0 Å². The fourth-order valence-corrected chi connectivity index (χ4v) is 4.04. The highest BCUT2D eigenvalue weighted by atomic mass is 16.7. The standard InChI is InChI=1S/C20H25N3O3/c1-3-23-19(24)17(26-20(23)21-25-4-2)13-14-11-15-7-5-9-22-10-6-8-16(12-14)18(15)22/h11-13H,3-10H2,1-2H3. The highest BCUT2D eigenvalue weighted by Crippen LogP contribution is 2.36. The quantitative estimate of drug-likeness (QED) is 0.616. The van der Waals surface area contributed by atoms with E-state index in [1.54, 1.807) is 0 Å². The van der Waals surface area contributed by atoms with Gasteiger partial charge in [-0.3, -0.25) is 9.69 Å². The Morgan fingerprint density at radius 2 is 1.88 bits per heavy atom. The van der Waals surface area contributed by atoms with Gasteiger partial charge in [0.1, 0.15) is 6.61 Å². The Morgan fingerprint density at radius 3 is 2.50 bits per heavy atom. The highest BCUT2D eigenvalue weighted by Gasteiger charge is 2.34. The molecule has 3 aliphatic heterocycles. The van der Waals surface area contributed by atoms with Crippen LogP contribution in [0.1, 0.15) is 43.4 Å². The van der Waals surface area contributed by atoms with Gasteiger partial charge in [-0.05, 0) is 79.6 Å². The van der Waals surface area contributed by atoms with Crippen LogP contribution in [-0.4, -0.2) is 43.1 Å². The first kappa shape index (κ1) is 16.9. The van der Waals surface area contributed by atoms with Crippen LogP contribution in [0.5, 0.6) is 0 Å². The number of oxime groups is 1. The maximum absolute atomic E-state index is 12.6. The number of amides is 1. The summed E-state index contributed by atoms with van der Waals surface area (Å²) in [6.45, 7) is 6.98. The minimum absolute atomic E-state index is 0.168. The Hall–Kier alpha value is -2.50. The van der Waals surface area contributed by atoms with Gasteiger partial charge in [0.15, 0.2) is 5.76 Å². The van der Waals surface area contributed by atoms with Crippen molar-refractivity contribution in [3.8, 4) is 0 Å². The number of carbonyl (C=O) groups is 1. The molecule has 1 fully saturated rings. The summed E-state index contributed by atoms with van der Waals surface area (Å²) in [6.07, 6.45) is 6.42. The number of anilines is 1. The first-order valence-corrected chi connectivity index (χ1v) is 9.53. The first-order valence-electron chi connectivity index (χ1n) is 9.53. The lowest BCUT2D eigenvalue weighted by Crippen LogP contribution is -2.34. The number of benzene rings is 1. The Balaban J connectivity index is 1.67. The summed E-state index contributed by atoms with van der Waals surface area (Å²) in [5, 5.41) is 3.91. The third-order valence-corrected chi connectivity index (χ3v) is 5.13. The van der Waals surface area contributed by atoms with E-state index in [2.05, 4.69) is 22.2 Å². The summed E-state index contributed by atoms with van der Waals surface area (Å²) in [7, 11) is 0. The molecular formula is C20H25N3O3. The van der Waals surface area contributed by atoms with Crippen molar-refractivity contribution in [2.75, 3.05) is 31.1 Å². The van der Waals surface area contributed by atoms with Gasteiger partial charge in [-0.1, -0.05) is 0 Å². The number of carbonyl (C=O) groups excluding carboxylic acids is 1. The largest absolute Gasteiger partial charge is 0.418 e. The van der Waals surface area contributed by atoms with E-state index < -0.39 is 0 Å². The second-order valence-electron chi connectivity index (χ2n) is 6.83. The third-order valence-electron chi connectivity index (χ3n) is 5.13. The summed E-state index contributed by atoms with van der Waals surface area (Å²) in [6, 6.07) is 4.62.